The van der Waals surface area contributed by atoms with Crippen LogP contribution in [0.3, 0.4) is 0 Å². The van der Waals surface area contributed by atoms with Gasteiger partial charge in [0.05, 0.1) is 11.5 Å². The van der Waals surface area contributed by atoms with Gasteiger partial charge in [-0.2, -0.15) is 0 Å². The van der Waals surface area contributed by atoms with Crippen molar-refractivity contribution in [2.45, 2.75) is 24.3 Å². The van der Waals surface area contributed by atoms with Crippen molar-refractivity contribution in [1.29, 1.82) is 0 Å². The SMILES string of the molecule is CNC(=O)c1cccc([C@H]2CN(C(=O)C3(c4cccc(F)c4)CCOCC3)CCN2C)c1. The topological polar surface area (TPSA) is 61.9 Å². The molecule has 0 bridgehead atoms. The molecule has 0 saturated carbocycles. The van der Waals surface area contributed by atoms with Crippen LogP contribution >= 0.6 is 0 Å². The zero-order chi connectivity index (χ0) is 22.7. The van der Waals surface area contributed by atoms with E-state index in [4.69, 9.17) is 4.74 Å². The maximum atomic E-state index is 14.1. The fraction of sp³-hybridized carbons (Fsp3) is 0.440. The van der Waals surface area contributed by atoms with E-state index in [-0.39, 0.29) is 23.7 Å². The predicted molar refractivity (Wildman–Crippen MR) is 120 cm³/mol. The lowest BCUT2D eigenvalue weighted by Gasteiger charge is -2.45. The minimum absolute atomic E-state index is 0.0262. The zero-order valence-corrected chi connectivity index (χ0v) is 18.6. The van der Waals surface area contributed by atoms with E-state index in [1.807, 2.05) is 36.2 Å². The lowest BCUT2D eigenvalue weighted by atomic mass is 9.72. The molecule has 2 fully saturated rings. The number of carbonyl (C=O) groups is 2. The number of halogens is 1. The molecule has 6 nitrogen and oxygen atoms in total. The van der Waals surface area contributed by atoms with E-state index in [0.29, 0.717) is 44.7 Å². The number of nitrogens with one attached hydrogen (secondary N) is 1. The van der Waals surface area contributed by atoms with Crippen molar-refractivity contribution < 1.29 is 18.7 Å². The molecule has 2 amide bonds. The summed E-state index contributed by atoms with van der Waals surface area (Å²) < 4.78 is 19.6. The second-order valence-electron chi connectivity index (χ2n) is 8.66. The van der Waals surface area contributed by atoms with Crippen LogP contribution in [0, 0.1) is 5.82 Å². The van der Waals surface area contributed by atoms with Gasteiger partial charge in [0.2, 0.25) is 5.91 Å². The largest absolute Gasteiger partial charge is 0.381 e. The van der Waals surface area contributed by atoms with Gasteiger partial charge in [-0.15, -0.1) is 0 Å². The van der Waals surface area contributed by atoms with Gasteiger partial charge in [-0.25, -0.2) is 4.39 Å². The minimum atomic E-state index is -0.773. The molecule has 2 aliphatic rings. The normalized spacial score (nSPS) is 21.2. The fourth-order valence-electron chi connectivity index (χ4n) is 4.88. The van der Waals surface area contributed by atoms with Crippen LogP contribution in [0.15, 0.2) is 48.5 Å². The molecule has 0 spiro atoms. The summed E-state index contributed by atoms with van der Waals surface area (Å²) in [7, 11) is 3.65. The van der Waals surface area contributed by atoms with Crippen LogP contribution in [0.2, 0.25) is 0 Å². The Hall–Kier alpha value is -2.77. The van der Waals surface area contributed by atoms with Crippen LogP contribution in [0.25, 0.3) is 0 Å². The monoisotopic (exact) mass is 439 g/mol. The maximum Gasteiger partial charge on any atom is 0.251 e. The first-order valence-electron chi connectivity index (χ1n) is 11.1. The van der Waals surface area contributed by atoms with Crippen LogP contribution < -0.4 is 5.32 Å². The van der Waals surface area contributed by atoms with Gasteiger partial charge < -0.3 is 15.0 Å². The Labute approximate surface area is 188 Å². The van der Waals surface area contributed by atoms with E-state index in [2.05, 4.69) is 10.2 Å². The second-order valence-corrected chi connectivity index (χ2v) is 8.66. The van der Waals surface area contributed by atoms with Gasteiger partial charge in [-0.1, -0.05) is 24.3 Å². The molecule has 0 radical (unpaired) electrons. The number of rotatable bonds is 4. The summed E-state index contributed by atoms with van der Waals surface area (Å²) >= 11 is 0. The Morgan fingerprint density at radius 1 is 1.09 bits per heavy atom. The maximum absolute atomic E-state index is 14.1. The number of amides is 2. The van der Waals surface area contributed by atoms with Gasteiger partial charge in [-0.3, -0.25) is 14.5 Å². The molecule has 4 rings (SSSR count). The van der Waals surface area contributed by atoms with Crippen molar-refractivity contribution in [3.63, 3.8) is 0 Å². The molecule has 2 saturated heterocycles. The molecule has 0 unspecified atom stereocenters. The Morgan fingerprint density at radius 2 is 1.84 bits per heavy atom. The molecular formula is C25H30FN3O3. The average molecular weight is 440 g/mol. The zero-order valence-electron chi connectivity index (χ0n) is 18.6. The van der Waals surface area contributed by atoms with Gasteiger partial charge in [0.1, 0.15) is 5.82 Å². The van der Waals surface area contributed by atoms with Crippen molar-refractivity contribution >= 4 is 11.8 Å². The lowest BCUT2D eigenvalue weighted by Crippen LogP contribution is -2.56. The molecule has 7 heteroatoms. The Bertz CT molecular complexity index is 990. The van der Waals surface area contributed by atoms with Gasteiger partial charge in [0.15, 0.2) is 0 Å². The van der Waals surface area contributed by atoms with Crippen LogP contribution in [0.1, 0.15) is 40.4 Å². The van der Waals surface area contributed by atoms with Crippen LogP contribution in [0.5, 0.6) is 0 Å². The summed E-state index contributed by atoms with van der Waals surface area (Å²) in [6.45, 7) is 2.81. The molecule has 2 heterocycles. The van der Waals surface area contributed by atoms with Crippen molar-refractivity contribution in [1.82, 2.24) is 15.1 Å². The number of hydrogen-bond acceptors (Lipinski definition) is 4. The molecule has 0 aromatic heterocycles. The predicted octanol–water partition coefficient (Wildman–Crippen LogP) is 2.75. The standard InChI is InChI=1S/C25H30FN3O3/c1-27-23(30)19-6-3-5-18(15-19)22-17-29(12-11-28(22)2)24(31)25(9-13-32-14-10-25)20-7-4-8-21(26)16-20/h3-8,15-16,22H,9-14,17H2,1-2H3,(H,27,30)/t22-/m1/s1. The average Bonchev–Trinajstić information content (AvgIpc) is 2.84. The summed E-state index contributed by atoms with van der Waals surface area (Å²) in [5.41, 5.74) is 1.55. The molecule has 0 aliphatic carbocycles. The minimum Gasteiger partial charge on any atom is -0.381 e. The smallest absolute Gasteiger partial charge is 0.251 e. The van der Waals surface area contributed by atoms with Crippen LogP contribution in [-0.2, 0) is 14.9 Å². The Balaban J connectivity index is 1.63. The number of likely N-dealkylation sites (N-methyl/N-ethyl adjacent to an activating group) is 1. The van der Waals surface area contributed by atoms with Crippen molar-refractivity contribution in [3.8, 4) is 0 Å². The van der Waals surface area contributed by atoms with E-state index in [1.54, 1.807) is 19.2 Å². The molecule has 1 atom stereocenters. The quantitative estimate of drug-likeness (QED) is 0.796. The van der Waals surface area contributed by atoms with Gasteiger partial charge in [0, 0.05) is 45.5 Å². The highest BCUT2D eigenvalue weighted by Crippen LogP contribution is 2.38. The number of ether oxygens (including phenoxy) is 1. The van der Waals surface area contributed by atoms with Crippen LogP contribution in [-0.4, -0.2) is 68.6 Å². The molecule has 170 valence electrons. The summed E-state index contributed by atoms with van der Waals surface area (Å²) in [5, 5.41) is 2.66. The highest BCUT2D eigenvalue weighted by atomic mass is 19.1. The summed E-state index contributed by atoms with van der Waals surface area (Å²) in [6.07, 6.45) is 1.08. The van der Waals surface area contributed by atoms with E-state index in [9.17, 15) is 14.0 Å². The highest BCUT2D eigenvalue weighted by molar-refractivity contribution is 5.94. The van der Waals surface area contributed by atoms with Gasteiger partial charge >= 0.3 is 0 Å². The first kappa shape index (κ1) is 22.4. The first-order chi connectivity index (χ1) is 15.4. The van der Waals surface area contributed by atoms with Gasteiger partial charge in [0.25, 0.3) is 5.91 Å². The molecular weight excluding hydrogens is 409 g/mol. The van der Waals surface area contributed by atoms with Gasteiger partial charge in [-0.05, 0) is 55.3 Å². The second kappa shape index (κ2) is 9.38. The molecule has 1 N–H and O–H groups in total. The van der Waals surface area contributed by atoms with Crippen molar-refractivity contribution in [2.24, 2.45) is 0 Å². The molecule has 32 heavy (non-hydrogen) atoms. The number of benzene rings is 2. The van der Waals surface area contributed by atoms with E-state index >= 15 is 0 Å². The van der Waals surface area contributed by atoms with Crippen molar-refractivity contribution in [3.05, 3.63) is 71.0 Å². The molecule has 2 aliphatic heterocycles. The van der Waals surface area contributed by atoms with E-state index < -0.39 is 5.41 Å². The highest BCUT2D eigenvalue weighted by Gasteiger charge is 2.45. The third kappa shape index (κ3) is 4.27. The lowest BCUT2D eigenvalue weighted by molar-refractivity contribution is -0.144. The number of nitrogens with zero attached hydrogens (tertiary/aromatic N) is 2. The van der Waals surface area contributed by atoms with Crippen molar-refractivity contribution in [2.75, 3.05) is 46.9 Å². The number of piperazine rings is 1. The molecule has 2 aromatic rings. The van der Waals surface area contributed by atoms with E-state index in [0.717, 1.165) is 17.7 Å². The number of hydrogen-bond donors (Lipinski definition) is 1. The summed E-state index contributed by atoms with van der Waals surface area (Å²) in [6, 6.07) is 14.0. The Kier molecular flexibility index (Phi) is 6.58. The molecule has 2 aromatic carbocycles. The number of carbonyl (C=O) groups excluding carboxylic acids is 2. The van der Waals surface area contributed by atoms with Crippen LogP contribution in [0.4, 0.5) is 4.39 Å². The fourth-order valence-corrected chi connectivity index (χ4v) is 4.88. The first-order valence-corrected chi connectivity index (χ1v) is 11.1. The third-order valence-corrected chi connectivity index (χ3v) is 6.83. The van der Waals surface area contributed by atoms with E-state index in [1.165, 1.54) is 12.1 Å². The Morgan fingerprint density at radius 3 is 2.56 bits per heavy atom. The summed E-state index contributed by atoms with van der Waals surface area (Å²) in [5.74, 6) is -0.430. The summed E-state index contributed by atoms with van der Waals surface area (Å²) in [4.78, 5) is 30.2. The third-order valence-electron chi connectivity index (χ3n) is 6.83.